The molecule has 0 atom stereocenters. The topological polar surface area (TPSA) is 101 Å². The molecule has 0 bridgehead atoms. The Balaban J connectivity index is 2.64. The van der Waals surface area contributed by atoms with Gasteiger partial charge in [0.15, 0.2) is 0 Å². The van der Waals surface area contributed by atoms with Crippen LogP contribution < -0.4 is 10.9 Å². The highest BCUT2D eigenvalue weighted by Crippen LogP contribution is 2.19. The highest BCUT2D eigenvalue weighted by molar-refractivity contribution is 6.59. The van der Waals surface area contributed by atoms with Gasteiger partial charge in [0.1, 0.15) is 5.60 Å². The Hall–Kier alpha value is -2.32. The van der Waals surface area contributed by atoms with Gasteiger partial charge >= 0.3 is 13.2 Å². The molecule has 2 rings (SSSR count). The fourth-order valence-electron chi connectivity index (χ4n) is 2.21. The van der Waals surface area contributed by atoms with Crippen LogP contribution in [0.1, 0.15) is 31.1 Å². The van der Waals surface area contributed by atoms with Crippen molar-refractivity contribution in [2.24, 2.45) is 0 Å². The van der Waals surface area contributed by atoms with Crippen LogP contribution in [0.25, 0.3) is 10.9 Å². The Kier molecular flexibility index (Phi) is 4.49. The number of benzene rings is 1. The molecule has 2 aromatic rings. The van der Waals surface area contributed by atoms with Gasteiger partial charge < -0.3 is 20.1 Å². The lowest BCUT2D eigenvalue weighted by atomic mass is 9.86. The summed E-state index contributed by atoms with van der Waals surface area (Å²) in [5, 5.41) is 22.1. The van der Waals surface area contributed by atoms with Crippen LogP contribution in [0.5, 0.6) is 0 Å². The first kappa shape index (κ1) is 17.0. The van der Waals surface area contributed by atoms with E-state index in [0.29, 0.717) is 16.5 Å². The van der Waals surface area contributed by atoms with Crippen molar-refractivity contribution in [3.05, 3.63) is 29.8 Å². The summed E-state index contributed by atoms with van der Waals surface area (Å²) in [5.74, 6) is -0.310. The summed E-state index contributed by atoms with van der Waals surface area (Å²) in [7, 11) is -0.346. The van der Waals surface area contributed by atoms with Crippen LogP contribution in [0.3, 0.4) is 0 Å². The first-order chi connectivity index (χ1) is 10.6. The van der Waals surface area contributed by atoms with Gasteiger partial charge in [0.25, 0.3) is 5.91 Å². The average Bonchev–Trinajstić information content (AvgIpc) is 2.83. The third-order valence-corrected chi connectivity index (χ3v) is 3.16. The van der Waals surface area contributed by atoms with Crippen molar-refractivity contribution in [2.75, 3.05) is 7.05 Å². The first-order valence-electron chi connectivity index (χ1n) is 7.11. The minimum Gasteiger partial charge on any atom is -0.443 e. The third kappa shape index (κ3) is 3.54. The van der Waals surface area contributed by atoms with E-state index in [1.54, 1.807) is 32.9 Å². The second-order valence-electron chi connectivity index (χ2n) is 6.11. The molecule has 23 heavy (non-hydrogen) atoms. The van der Waals surface area contributed by atoms with Crippen molar-refractivity contribution in [1.82, 2.24) is 9.88 Å². The fourth-order valence-corrected chi connectivity index (χ4v) is 2.21. The largest absolute Gasteiger partial charge is 0.506 e. The molecule has 0 spiro atoms. The van der Waals surface area contributed by atoms with Crippen LogP contribution in [0.4, 0.5) is 4.79 Å². The molecule has 7 nitrogen and oxygen atoms in total. The summed E-state index contributed by atoms with van der Waals surface area (Å²) in [6.07, 6.45) is -0.746. The van der Waals surface area contributed by atoms with E-state index in [1.807, 2.05) is 0 Å². The fraction of sp³-hybridized carbons (Fsp3) is 0.333. The van der Waals surface area contributed by atoms with E-state index in [2.05, 4.69) is 5.32 Å². The van der Waals surface area contributed by atoms with E-state index >= 15 is 0 Å². The SMILES string of the molecule is CNC(=O)c1ccc2cc(B(O)O)n(C(=O)OC(C)(C)C)c2c1. The maximum atomic E-state index is 12.4. The number of carbonyl (C=O) groups is 2. The van der Waals surface area contributed by atoms with E-state index in [0.717, 1.165) is 4.57 Å². The van der Waals surface area contributed by atoms with Gasteiger partial charge in [0, 0.05) is 12.6 Å². The number of hydrogen-bond donors (Lipinski definition) is 3. The molecule has 0 aliphatic carbocycles. The van der Waals surface area contributed by atoms with Crippen LogP contribution in [0.2, 0.25) is 0 Å². The molecule has 0 aliphatic heterocycles. The molecule has 1 aromatic carbocycles. The standard InChI is InChI=1S/C15H19BN2O5/c1-15(2,3)23-14(20)18-11-7-10(13(19)17-4)6-5-9(11)8-12(18)16(21)22/h5-8,21-22H,1-4H3,(H,17,19). The molecule has 1 heterocycles. The molecule has 3 N–H and O–H groups in total. The number of aromatic nitrogens is 1. The summed E-state index contributed by atoms with van der Waals surface area (Å²) in [5.41, 5.74) is -0.0577. The number of amides is 1. The molecule has 0 fully saturated rings. The zero-order chi connectivity index (χ0) is 17.4. The Bertz CT molecular complexity index is 761. The van der Waals surface area contributed by atoms with Crippen LogP contribution >= 0.6 is 0 Å². The number of hydrogen-bond acceptors (Lipinski definition) is 5. The van der Waals surface area contributed by atoms with Crippen molar-refractivity contribution >= 4 is 35.6 Å². The Morgan fingerprint density at radius 2 is 1.87 bits per heavy atom. The third-order valence-electron chi connectivity index (χ3n) is 3.16. The normalized spacial score (nSPS) is 11.4. The molecule has 0 unspecified atom stereocenters. The van der Waals surface area contributed by atoms with Gasteiger partial charge in [-0.2, -0.15) is 0 Å². The lowest BCUT2D eigenvalue weighted by molar-refractivity contribution is 0.0547. The van der Waals surface area contributed by atoms with Gasteiger partial charge in [-0.3, -0.25) is 9.36 Å². The first-order valence-corrected chi connectivity index (χ1v) is 7.11. The van der Waals surface area contributed by atoms with Crippen molar-refractivity contribution in [1.29, 1.82) is 0 Å². The number of nitrogens with one attached hydrogen (secondary N) is 1. The van der Waals surface area contributed by atoms with Gasteiger partial charge in [-0.15, -0.1) is 0 Å². The predicted molar refractivity (Wildman–Crippen MR) is 86.8 cm³/mol. The van der Waals surface area contributed by atoms with Crippen molar-refractivity contribution in [3.8, 4) is 0 Å². The average molecular weight is 318 g/mol. The Morgan fingerprint density at radius 3 is 2.39 bits per heavy atom. The van der Waals surface area contributed by atoms with E-state index in [9.17, 15) is 19.6 Å². The minimum atomic E-state index is -1.85. The molecule has 0 saturated carbocycles. The van der Waals surface area contributed by atoms with Gasteiger partial charge in [-0.25, -0.2) is 4.79 Å². The zero-order valence-corrected chi connectivity index (χ0v) is 13.5. The van der Waals surface area contributed by atoms with E-state index < -0.39 is 18.8 Å². The van der Waals surface area contributed by atoms with Crippen molar-refractivity contribution in [3.63, 3.8) is 0 Å². The van der Waals surface area contributed by atoms with Crippen LogP contribution in [-0.2, 0) is 4.74 Å². The molecule has 1 aromatic heterocycles. The number of nitrogens with zero attached hydrogens (tertiary/aromatic N) is 1. The van der Waals surface area contributed by atoms with Gasteiger partial charge in [-0.1, -0.05) is 6.07 Å². The summed E-state index contributed by atoms with van der Waals surface area (Å²) in [6.45, 7) is 5.13. The smallest absolute Gasteiger partial charge is 0.443 e. The highest BCUT2D eigenvalue weighted by atomic mass is 16.6. The zero-order valence-electron chi connectivity index (χ0n) is 13.5. The molecule has 8 heteroatoms. The Labute approximate surface area is 134 Å². The summed E-state index contributed by atoms with van der Waals surface area (Å²) in [4.78, 5) is 24.2. The molecular formula is C15H19BN2O5. The number of carbonyl (C=O) groups excluding carboxylic acids is 2. The summed E-state index contributed by atoms with van der Waals surface area (Å²) < 4.78 is 6.38. The Morgan fingerprint density at radius 1 is 1.22 bits per heavy atom. The second-order valence-corrected chi connectivity index (χ2v) is 6.11. The van der Waals surface area contributed by atoms with E-state index in [4.69, 9.17) is 4.74 Å². The quantitative estimate of drug-likeness (QED) is 0.699. The maximum absolute atomic E-state index is 12.4. The molecule has 1 amide bonds. The maximum Gasteiger partial charge on any atom is 0.506 e. The lowest BCUT2D eigenvalue weighted by Crippen LogP contribution is -2.41. The van der Waals surface area contributed by atoms with Crippen molar-refractivity contribution < 1.29 is 24.4 Å². The minimum absolute atomic E-state index is 0.0247. The van der Waals surface area contributed by atoms with Gasteiger partial charge in [0.2, 0.25) is 0 Å². The highest BCUT2D eigenvalue weighted by Gasteiger charge is 2.27. The number of ether oxygens (including phenoxy) is 1. The van der Waals surface area contributed by atoms with Gasteiger partial charge in [0.05, 0.1) is 11.1 Å². The van der Waals surface area contributed by atoms with E-state index in [-0.39, 0.29) is 11.5 Å². The number of rotatable bonds is 2. The van der Waals surface area contributed by atoms with Crippen LogP contribution in [0.15, 0.2) is 24.3 Å². The summed E-state index contributed by atoms with van der Waals surface area (Å²) >= 11 is 0. The van der Waals surface area contributed by atoms with Crippen LogP contribution in [0, 0.1) is 0 Å². The monoisotopic (exact) mass is 318 g/mol. The molecule has 0 aliphatic rings. The molecule has 122 valence electrons. The second kappa shape index (κ2) is 6.06. The van der Waals surface area contributed by atoms with Crippen LogP contribution in [-0.4, -0.2) is 46.4 Å². The van der Waals surface area contributed by atoms with Crippen molar-refractivity contribution in [2.45, 2.75) is 26.4 Å². The van der Waals surface area contributed by atoms with E-state index in [1.165, 1.54) is 19.2 Å². The predicted octanol–water partition coefficient (Wildman–Crippen LogP) is 0.464. The number of fused-ring (bicyclic) bond motifs is 1. The summed E-state index contributed by atoms with van der Waals surface area (Å²) in [6, 6.07) is 6.20. The molecule has 0 radical (unpaired) electrons. The lowest BCUT2D eigenvalue weighted by Gasteiger charge is -2.21. The molecule has 0 saturated heterocycles. The van der Waals surface area contributed by atoms with Gasteiger partial charge in [-0.05, 0) is 44.4 Å². The molecular weight excluding hydrogens is 299 g/mol.